The van der Waals surface area contributed by atoms with E-state index in [2.05, 4.69) is 78.2 Å². The van der Waals surface area contributed by atoms with Gasteiger partial charge in [0.2, 0.25) is 0 Å². The van der Waals surface area contributed by atoms with Crippen LogP contribution in [0.2, 0.25) is 0 Å². The summed E-state index contributed by atoms with van der Waals surface area (Å²) in [4.78, 5) is 3.20. The molecular formula is C18H15NS. The topological polar surface area (TPSA) is 3.24 Å². The molecule has 2 heteroatoms. The molecule has 20 heavy (non-hydrogen) atoms. The molecule has 0 aliphatic rings. The van der Waals surface area contributed by atoms with Crippen LogP contribution in [0.15, 0.2) is 89.8 Å². The Morgan fingerprint density at radius 1 is 0.500 bits per heavy atom. The van der Waals surface area contributed by atoms with Gasteiger partial charge in [0.25, 0.3) is 0 Å². The van der Waals surface area contributed by atoms with Crippen LogP contribution in [0, 0.1) is 0 Å². The number of hydrogen-bond donors (Lipinski definition) is 1. The van der Waals surface area contributed by atoms with E-state index < -0.39 is 0 Å². The maximum absolute atomic E-state index is 4.36. The summed E-state index contributed by atoms with van der Waals surface area (Å²) in [6.07, 6.45) is 0. The Morgan fingerprint density at radius 2 is 0.900 bits per heavy atom. The van der Waals surface area contributed by atoms with Crippen LogP contribution in [-0.2, 0) is 0 Å². The minimum absolute atomic E-state index is 0.967. The highest BCUT2D eigenvalue weighted by Gasteiger charge is 2.10. The second kappa shape index (κ2) is 5.85. The van der Waals surface area contributed by atoms with Crippen molar-refractivity contribution in [1.29, 1.82) is 0 Å². The van der Waals surface area contributed by atoms with Crippen LogP contribution in [0.1, 0.15) is 0 Å². The zero-order valence-electron chi connectivity index (χ0n) is 11.0. The lowest BCUT2D eigenvalue weighted by Crippen LogP contribution is -2.09. The van der Waals surface area contributed by atoms with Gasteiger partial charge < -0.3 is 4.90 Å². The average molecular weight is 277 g/mol. The number of hydrogen-bond acceptors (Lipinski definition) is 2. The van der Waals surface area contributed by atoms with Gasteiger partial charge in [-0.25, -0.2) is 0 Å². The largest absolute Gasteiger partial charge is 0.311 e. The molecule has 0 aliphatic heterocycles. The second-order valence-corrected chi connectivity index (χ2v) is 5.04. The van der Waals surface area contributed by atoms with Gasteiger partial charge in [-0.3, -0.25) is 0 Å². The minimum Gasteiger partial charge on any atom is -0.311 e. The standard InChI is InChI=1S/C18H15NS/c20-18-13-11-17(12-14-18)19(15-7-3-1-4-8-15)16-9-5-2-6-10-16/h1-14,20H. The van der Waals surface area contributed by atoms with Crippen molar-refractivity contribution in [2.45, 2.75) is 4.90 Å². The molecule has 0 aliphatic carbocycles. The van der Waals surface area contributed by atoms with Crippen molar-refractivity contribution in [2.24, 2.45) is 0 Å². The summed E-state index contributed by atoms with van der Waals surface area (Å²) in [5.41, 5.74) is 3.41. The van der Waals surface area contributed by atoms with E-state index in [1.807, 2.05) is 24.3 Å². The van der Waals surface area contributed by atoms with E-state index in [0.29, 0.717) is 0 Å². The van der Waals surface area contributed by atoms with E-state index in [1.54, 1.807) is 0 Å². The van der Waals surface area contributed by atoms with Gasteiger partial charge >= 0.3 is 0 Å². The van der Waals surface area contributed by atoms with Crippen molar-refractivity contribution in [3.63, 3.8) is 0 Å². The molecule has 0 heterocycles. The second-order valence-electron chi connectivity index (χ2n) is 4.52. The summed E-state index contributed by atoms with van der Waals surface area (Å²) in [7, 11) is 0. The van der Waals surface area contributed by atoms with Gasteiger partial charge in [-0.2, -0.15) is 0 Å². The predicted octanol–water partition coefficient (Wildman–Crippen LogP) is 5.45. The smallest absolute Gasteiger partial charge is 0.0462 e. The zero-order valence-corrected chi connectivity index (χ0v) is 11.9. The number of nitrogens with zero attached hydrogens (tertiary/aromatic N) is 1. The van der Waals surface area contributed by atoms with Gasteiger partial charge in [-0.05, 0) is 48.5 Å². The Morgan fingerprint density at radius 3 is 1.35 bits per heavy atom. The maximum atomic E-state index is 4.36. The van der Waals surface area contributed by atoms with Crippen molar-refractivity contribution < 1.29 is 0 Å². The van der Waals surface area contributed by atoms with Gasteiger partial charge in [-0.15, -0.1) is 12.6 Å². The maximum Gasteiger partial charge on any atom is 0.0462 e. The molecule has 3 aromatic carbocycles. The van der Waals surface area contributed by atoms with Crippen LogP contribution < -0.4 is 4.90 Å². The Kier molecular flexibility index (Phi) is 3.75. The first-order valence-corrected chi connectivity index (χ1v) is 6.98. The van der Waals surface area contributed by atoms with Crippen molar-refractivity contribution in [1.82, 2.24) is 0 Å². The molecule has 0 amide bonds. The Balaban J connectivity index is 2.11. The van der Waals surface area contributed by atoms with Crippen LogP contribution in [0.5, 0.6) is 0 Å². The van der Waals surface area contributed by atoms with Crippen LogP contribution in [-0.4, -0.2) is 0 Å². The molecule has 3 rings (SSSR count). The summed E-state index contributed by atoms with van der Waals surface area (Å²) in [5, 5.41) is 0. The number of benzene rings is 3. The highest BCUT2D eigenvalue weighted by atomic mass is 32.1. The lowest BCUT2D eigenvalue weighted by Gasteiger charge is -2.25. The predicted molar refractivity (Wildman–Crippen MR) is 88.4 cm³/mol. The van der Waals surface area contributed by atoms with Gasteiger partial charge in [0.05, 0.1) is 0 Å². The summed E-state index contributed by atoms with van der Waals surface area (Å²) in [5.74, 6) is 0. The van der Waals surface area contributed by atoms with E-state index in [4.69, 9.17) is 0 Å². The molecule has 0 N–H and O–H groups in total. The number of rotatable bonds is 3. The van der Waals surface area contributed by atoms with Crippen LogP contribution in [0.4, 0.5) is 17.1 Å². The monoisotopic (exact) mass is 277 g/mol. The minimum atomic E-state index is 0.967. The molecule has 0 fully saturated rings. The summed E-state index contributed by atoms with van der Waals surface area (Å²) in [6.45, 7) is 0. The van der Waals surface area contributed by atoms with Crippen molar-refractivity contribution in [3.05, 3.63) is 84.9 Å². The number of para-hydroxylation sites is 2. The molecule has 0 saturated heterocycles. The van der Waals surface area contributed by atoms with E-state index in [9.17, 15) is 0 Å². The summed E-state index contributed by atoms with van der Waals surface area (Å²) >= 11 is 4.36. The third kappa shape index (κ3) is 2.70. The fourth-order valence-electron chi connectivity index (χ4n) is 2.20. The Labute approximate surface area is 124 Å². The van der Waals surface area contributed by atoms with Crippen LogP contribution in [0.25, 0.3) is 0 Å². The first-order chi connectivity index (χ1) is 9.84. The lowest BCUT2D eigenvalue weighted by molar-refractivity contribution is 1.27. The molecule has 98 valence electrons. The highest BCUT2D eigenvalue weighted by Crippen LogP contribution is 2.34. The summed E-state index contributed by atoms with van der Waals surface area (Å²) < 4.78 is 0. The molecule has 0 aromatic heterocycles. The molecule has 0 bridgehead atoms. The number of thiol groups is 1. The Hall–Kier alpha value is -2.19. The van der Waals surface area contributed by atoms with E-state index in [-0.39, 0.29) is 0 Å². The summed E-state index contributed by atoms with van der Waals surface area (Å²) in [6, 6.07) is 28.9. The normalized spacial score (nSPS) is 10.2. The third-order valence-electron chi connectivity index (χ3n) is 3.14. The quantitative estimate of drug-likeness (QED) is 0.623. The zero-order chi connectivity index (χ0) is 13.8. The van der Waals surface area contributed by atoms with Crippen molar-refractivity contribution >= 4 is 29.7 Å². The molecule has 0 spiro atoms. The van der Waals surface area contributed by atoms with E-state index >= 15 is 0 Å². The van der Waals surface area contributed by atoms with Gasteiger partial charge in [-0.1, -0.05) is 36.4 Å². The molecule has 0 unspecified atom stereocenters. The van der Waals surface area contributed by atoms with Gasteiger partial charge in [0.15, 0.2) is 0 Å². The van der Waals surface area contributed by atoms with Crippen molar-refractivity contribution in [3.8, 4) is 0 Å². The van der Waals surface area contributed by atoms with Crippen molar-refractivity contribution in [2.75, 3.05) is 4.90 Å². The van der Waals surface area contributed by atoms with Gasteiger partial charge in [0, 0.05) is 22.0 Å². The number of anilines is 3. The Bertz CT molecular complexity index is 623. The van der Waals surface area contributed by atoms with E-state index in [1.165, 1.54) is 0 Å². The molecular weight excluding hydrogens is 262 g/mol. The average Bonchev–Trinajstić information content (AvgIpc) is 2.52. The first-order valence-electron chi connectivity index (χ1n) is 6.54. The van der Waals surface area contributed by atoms with Crippen LogP contribution >= 0.6 is 12.6 Å². The third-order valence-corrected chi connectivity index (χ3v) is 3.43. The molecule has 0 atom stereocenters. The van der Waals surface area contributed by atoms with Gasteiger partial charge in [0.1, 0.15) is 0 Å². The lowest BCUT2D eigenvalue weighted by atomic mass is 10.2. The van der Waals surface area contributed by atoms with E-state index in [0.717, 1.165) is 22.0 Å². The van der Waals surface area contributed by atoms with Crippen LogP contribution in [0.3, 0.4) is 0 Å². The fourth-order valence-corrected chi connectivity index (χ4v) is 2.35. The fraction of sp³-hybridized carbons (Fsp3) is 0. The molecule has 0 saturated carbocycles. The SMILES string of the molecule is Sc1ccc(N(c2ccccc2)c2ccccc2)cc1. The highest BCUT2D eigenvalue weighted by molar-refractivity contribution is 7.80. The molecule has 3 aromatic rings. The molecule has 1 nitrogen and oxygen atoms in total. The molecule has 0 radical (unpaired) electrons. The first kappa shape index (κ1) is 12.8.